The third-order valence-electron chi connectivity index (χ3n) is 6.54. The third-order valence-corrected chi connectivity index (χ3v) is 8.24. The Labute approximate surface area is 194 Å². The van der Waals surface area contributed by atoms with E-state index in [1.54, 1.807) is 0 Å². The molecule has 2 heterocycles. The molecule has 1 aromatic carbocycles. The predicted octanol–water partition coefficient (Wildman–Crippen LogP) is 5.63. The molecule has 2 atom stereocenters. The molecule has 0 radical (unpaired) electrons. The van der Waals surface area contributed by atoms with E-state index in [2.05, 4.69) is 34.9 Å². The summed E-state index contributed by atoms with van der Waals surface area (Å²) in [7, 11) is -1.02. The summed E-state index contributed by atoms with van der Waals surface area (Å²) < 4.78 is 23.6. The Morgan fingerprint density at radius 1 is 1.16 bits per heavy atom. The number of benzene rings is 1. The number of aromatic nitrogens is 2. The monoisotopic (exact) mass is 453 g/mol. The fraction of sp³-hybridized carbons (Fsp3) is 0.500. The first-order valence-corrected chi connectivity index (χ1v) is 12.8. The number of hydrogen-bond acceptors (Lipinski definition) is 3. The molecule has 1 unspecified atom stereocenters. The average molecular weight is 454 g/mol. The molecule has 1 aliphatic carbocycles. The molecule has 0 aliphatic heterocycles. The van der Waals surface area contributed by atoms with Crippen molar-refractivity contribution in [2.45, 2.75) is 76.7 Å². The third kappa shape index (κ3) is 5.41. The minimum Gasteiger partial charge on any atom is -0.489 e. The smallest absolute Gasteiger partial charge is 0.123 e. The van der Waals surface area contributed by atoms with E-state index in [4.69, 9.17) is 4.74 Å². The number of rotatable bonds is 7. The van der Waals surface area contributed by atoms with Gasteiger partial charge in [0, 0.05) is 23.9 Å². The molecule has 6 heteroatoms. The molecule has 0 amide bonds. The average Bonchev–Trinajstić information content (AvgIpc) is 3.21. The van der Waals surface area contributed by atoms with Gasteiger partial charge in [-0.2, -0.15) is 5.10 Å². The molecule has 1 saturated carbocycles. The molecule has 4 rings (SSSR count). The molecule has 2 aromatic heterocycles. The van der Waals surface area contributed by atoms with Crippen LogP contribution in [0, 0.1) is 5.92 Å². The molecule has 1 N–H and O–H groups in total. The van der Waals surface area contributed by atoms with Gasteiger partial charge in [-0.05, 0) is 76.8 Å². The highest BCUT2D eigenvalue weighted by molar-refractivity contribution is 7.84. The first kappa shape index (κ1) is 23.0. The normalized spacial score (nSPS) is 21.4. The van der Waals surface area contributed by atoms with Crippen LogP contribution in [0.4, 0.5) is 0 Å². The predicted molar refractivity (Wildman–Crippen MR) is 131 cm³/mol. The SMILES string of the molecule is C[C@H](NS(=O)C(C)(C)C)C1CCC(c2cnn3ccc(OCc4ccccc4)cc23)CC1. The summed E-state index contributed by atoms with van der Waals surface area (Å²) in [5.41, 5.74) is 3.61. The first-order valence-electron chi connectivity index (χ1n) is 11.6. The van der Waals surface area contributed by atoms with Gasteiger partial charge in [0.1, 0.15) is 12.4 Å². The lowest BCUT2D eigenvalue weighted by Gasteiger charge is -2.33. The number of nitrogens with one attached hydrogen (secondary N) is 1. The van der Waals surface area contributed by atoms with Crippen molar-refractivity contribution in [1.82, 2.24) is 14.3 Å². The minimum atomic E-state index is -1.02. The van der Waals surface area contributed by atoms with Gasteiger partial charge < -0.3 is 4.74 Å². The van der Waals surface area contributed by atoms with E-state index in [-0.39, 0.29) is 10.8 Å². The second-order valence-corrected chi connectivity index (χ2v) is 12.0. The van der Waals surface area contributed by atoms with Crippen LogP contribution in [0.3, 0.4) is 0 Å². The summed E-state index contributed by atoms with van der Waals surface area (Å²) in [6.07, 6.45) is 8.56. The Hall–Kier alpha value is -2.18. The second-order valence-electron chi connectivity index (χ2n) is 9.97. The van der Waals surface area contributed by atoms with Gasteiger partial charge in [0.15, 0.2) is 0 Å². The van der Waals surface area contributed by atoms with Gasteiger partial charge in [-0.1, -0.05) is 30.3 Å². The lowest BCUT2D eigenvalue weighted by molar-refractivity contribution is 0.282. The Kier molecular flexibility index (Phi) is 7.01. The molecule has 1 aliphatic rings. The zero-order valence-electron chi connectivity index (χ0n) is 19.6. The van der Waals surface area contributed by atoms with Crippen molar-refractivity contribution in [1.29, 1.82) is 0 Å². The number of ether oxygens (including phenoxy) is 1. The van der Waals surface area contributed by atoms with E-state index in [0.717, 1.165) is 42.5 Å². The van der Waals surface area contributed by atoms with Crippen LogP contribution in [0.2, 0.25) is 0 Å². The highest BCUT2D eigenvalue weighted by Crippen LogP contribution is 2.39. The highest BCUT2D eigenvalue weighted by Gasteiger charge is 2.30. The van der Waals surface area contributed by atoms with E-state index >= 15 is 0 Å². The molecule has 5 nitrogen and oxygen atoms in total. The van der Waals surface area contributed by atoms with Crippen LogP contribution in [0.15, 0.2) is 54.9 Å². The van der Waals surface area contributed by atoms with Crippen LogP contribution < -0.4 is 9.46 Å². The van der Waals surface area contributed by atoms with Gasteiger partial charge in [0.25, 0.3) is 0 Å². The molecule has 0 saturated heterocycles. The summed E-state index contributed by atoms with van der Waals surface area (Å²) in [4.78, 5) is 0. The van der Waals surface area contributed by atoms with Crippen molar-refractivity contribution >= 4 is 16.5 Å². The van der Waals surface area contributed by atoms with E-state index in [0.29, 0.717) is 18.4 Å². The van der Waals surface area contributed by atoms with Crippen LogP contribution in [0.25, 0.3) is 5.52 Å². The molecular weight excluding hydrogens is 418 g/mol. The molecular formula is C26H35N3O2S. The van der Waals surface area contributed by atoms with Crippen molar-refractivity contribution in [3.63, 3.8) is 0 Å². The maximum Gasteiger partial charge on any atom is 0.123 e. The van der Waals surface area contributed by atoms with Gasteiger partial charge in [-0.3, -0.25) is 0 Å². The van der Waals surface area contributed by atoms with Crippen molar-refractivity contribution < 1.29 is 8.95 Å². The highest BCUT2D eigenvalue weighted by atomic mass is 32.2. The number of hydrogen-bond donors (Lipinski definition) is 1. The zero-order chi connectivity index (χ0) is 22.7. The fourth-order valence-corrected chi connectivity index (χ4v) is 5.38. The van der Waals surface area contributed by atoms with E-state index in [1.165, 1.54) is 5.56 Å². The topological polar surface area (TPSA) is 55.6 Å². The molecule has 0 spiro atoms. The molecule has 1 fully saturated rings. The van der Waals surface area contributed by atoms with Crippen LogP contribution in [0.5, 0.6) is 5.75 Å². The summed E-state index contributed by atoms with van der Waals surface area (Å²) in [5, 5.41) is 4.58. The Morgan fingerprint density at radius 3 is 2.56 bits per heavy atom. The Balaban J connectivity index is 1.39. The largest absolute Gasteiger partial charge is 0.489 e. The molecule has 3 aromatic rings. The second kappa shape index (κ2) is 9.75. The van der Waals surface area contributed by atoms with E-state index < -0.39 is 11.0 Å². The zero-order valence-corrected chi connectivity index (χ0v) is 20.4. The van der Waals surface area contributed by atoms with Crippen molar-refractivity contribution in [2.24, 2.45) is 5.92 Å². The van der Waals surface area contributed by atoms with Crippen molar-refractivity contribution in [3.8, 4) is 5.75 Å². The lowest BCUT2D eigenvalue weighted by atomic mass is 9.77. The van der Waals surface area contributed by atoms with Crippen LogP contribution in [0.1, 0.15) is 70.4 Å². The Morgan fingerprint density at radius 2 is 1.88 bits per heavy atom. The fourth-order valence-electron chi connectivity index (χ4n) is 4.50. The summed E-state index contributed by atoms with van der Waals surface area (Å²) in [5.74, 6) is 1.94. The van der Waals surface area contributed by atoms with Gasteiger partial charge in [-0.25, -0.2) is 13.4 Å². The summed E-state index contributed by atoms with van der Waals surface area (Å²) in [6, 6.07) is 14.6. The van der Waals surface area contributed by atoms with Crippen LogP contribution in [-0.4, -0.2) is 24.6 Å². The number of fused-ring (bicyclic) bond motifs is 1. The van der Waals surface area contributed by atoms with Gasteiger partial charge in [0.2, 0.25) is 0 Å². The minimum absolute atomic E-state index is 0.233. The van der Waals surface area contributed by atoms with Gasteiger partial charge >= 0.3 is 0 Å². The van der Waals surface area contributed by atoms with Crippen LogP contribution in [-0.2, 0) is 17.6 Å². The molecule has 0 bridgehead atoms. The number of nitrogens with zero attached hydrogens (tertiary/aromatic N) is 2. The Bertz CT molecular complexity index is 1050. The van der Waals surface area contributed by atoms with Gasteiger partial charge in [0.05, 0.1) is 27.4 Å². The molecule has 32 heavy (non-hydrogen) atoms. The van der Waals surface area contributed by atoms with Gasteiger partial charge in [-0.15, -0.1) is 0 Å². The first-order chi connectivity index (χ1) is 15.3. The summed E-state index contributed by atoms with van der Waals surface area (Å²) in [6.45, 7) is 8.79. The maximum absolute atomic E-state index is 12.5. The molecule has 172 valence electrons. The lowest BCUT2D eigenvalue weighted by Crippen LogP contribution is -2.42. The standard InChI is InChI=1S/C26H35N3O2S/c1-19(28-32(30)26(2,3)4)21-10-12-22(13-11-21)24-17-27-29-15-14-23(16-25(24)29)31-18-20-8-6-5-7-9-20/h5-9,14-17,19,21-22,28H,10-13,18H2,1-4H3/t19-,21?,22?,32?/m0/s1. The van der Waals surface area contributed by atoms with Crippen molar-refractivity contribution in [3.05, 3.63) is 66.0 Å². The van der Waals surface area contributed by atoms with E-state index in [1.807, 2.05) is 61.9 Å². The summed E-state index contributed by atoms with van der Waals surface area (Å²) >= 11 is 0. The van der Waals surface area contributed by atoms with Crippen molar-refractivity contribution in [2.75, 3.05) is 0 Å². The van der Waals surface area contributed by atoms with Crippen LogP contribution >= 0.6 is 0 Å². The maximum atomic E-state index is 12.5. The van der Waals surface area contributed by atoms with E-state index in [9.17, 15) is 4.21 Å². The number of pyridine rings is 1. The quantitative estimate of drug-likeness (QED) is 0.505.